The van der Waals surface area contributed by atoms with Crippen LogP contribution in [-0.2, 0) is 0 Å². The highest BCUT2D eigenvalue weighted by atomic mass is 16.5. The minimum atomic E-state index is -0.213. The highest BCUT2D eigenvalue weighted by molar-refractivity contribution is 6.04. The van der Waals surface area contributed by atoms with E-state index in [4.69, 9.17) is 9.47 Å². The molecule has 0 spiro atoms. The van der Waals surface area contributed by atoms with Gasteiger partial charge in [0.25, 0.3) is 5.91 Å². The highest BCUT2D eigenvalue weighted by Gasteiger charge is 2.10. The second-order valence-corrected chi connectivity index (χ2v) is 6.52. The van der Waals surface area contributed by atoms with E-state index in [-0.39, 0.29) is 5.91 Å². The molecule has 2 N–H and O–H groups in total. The lowest BCUT2D eigenvalue weighted by atomic mass is 10.2. The molecule has 0 fully saturated rings. The van der Waals surface area contributed by atoms with E-state index < -0.39 is 0 Å². The van der Waals surface area contributed by atoms with Crippen LogP contribution < -0.4 is 25.0 Å². The van der Waals surface area contributed by atoms with Crippen molar-refractivity contribution < 1.29 is 14.3 Å². The van der Waals surface area contributed by atoms with Crippen LogP contribution in [0, 0.1) is 0 Å². The fourth-order valence-electron chi connectivity index (χ4n) is 2.73. The van der Waals surface area contributed by atoms with Crippen LogP contribution in [0.3, 0.4) is 0 Å². The Morgan fingerprint density at radius 2 is 1.72 bits per heavy atom. The van der Waals surface area contributed by atoms with E-state index in [1.807, 2.05) is 55.4 Å². The standard InChI is InChI=1S/C22H24N4O3/c1-26(2)17-7-5-16(6-8-17)24-22(27)15-11-12-23-21(13-15)25-19-10-9-18(28-3)14-20(19)29-4/h5-14H,1-4H3,(H,23,25)(H,24,27). The average molecular weight is 392 g/mol. The third-order valence-corrected chi connectivity index (χ3v) is 4.34. The molecule has 0 aliphatic rings. The van der Waals surface area contributed by atoms with Gasteiger partial charge in [-0.3, -0.25) is 4.79 Å². The van der Waals surface area contributed by atoms with Crippen molar-refractivity contribution in [3.63, 3.8) is 0 Å². The zero-order valence-electron chi connectivity index (χ0n) is 16.9. The van der Waals surface area contributed by atoms with Crippen LogP contribution in [0.25, 0.3) is 0 Å². The number of nitrogens with one attached hydrogen (secondary N) is 2. The Hall–Kier alpha value is -3.74. The van der Waals surface area contributed by atoms with Gasteiger partial charge >= 0.3 is 0 Å². The summed E-state index contributed by atoms with van der Waals surface area (Å²) in [6.45, 7) is 0. The number of carbonyl (C=O) groups excluding carboxylic acids is 1. The van der Waals surface area contributed by atoms with Crippen molar-refractivity contribution in [2.45, 2.75) is 0 Å². The molecule has 0 aliphatic carbocycles. The van der Waals surface area contributed by atoms with Gasteiger partial charge in [-0.2, -0.15) is 0 Å². The molecule has 3 aromatic rings. The van der Waals surface area contributed by atoms with Crippen molar-refractivity contribution in [3.05, 3.63) is 66.4 Å². The van der Waals surface area contributed by atoms with Crippen LogP contribution in [0.4, 0.5) is 22.9 Å². The molecule has 1 aromatic heterocycles. The van der Waals surface area contributed by atoms with E-state index in [9.17, 15) is 4.79 Å². The van der Waals surface area contributed by atoms with E-state index in [1.165, 1.54) is 0 Å². The smallest absolute Gasteiger partial charge is 0.255 e. The van der Waals surface area contributed by atoms with E-state index in [0.717, 1.165) is 17.1 Å². The lowest BCUT2D eigenvalue weighted by molar-refractivity contribution is 0.102. The molecule has 0 atom stereocenters. The number of carbonyl (C=O) groups is 1. The lowest BCUT2D eigenvalue weighted by Gasteiger charge is -2.14. The molecule has 0 unspecified atom stereocenters. The Balaban J connectivity index is 1.74. The number of rotatable bonds is 7. The predicted molar refractivity (Wildman–Crippen MR) is 116 cm³/mol. The van der Waals surface area contributed by atoms with Crippen LogP contribution >= 0.6 is 0 Å². The summed E-state index contributed by atoms with van der Waals surface area (Å²) in [4.78, 5) is 18.9. The first kappa shape index (κ1) is 20.0. The van der Waals surface area contributed by atoms with Crippen LogP contribution in [0.15, 0.2) is 60.8 Å². The molecule has 2 aromatic carbocycles. The number of aromatic nitrogens is 1. The van der Waals surface area contributed by atoms with Crippen LogP contribution in [0.1, 0.15) is 10.4 Å². The van der Waals surface area contributed by atoms with Gasteiger partial charge < -0.3 is 25.0 Å². The zero-order chi connectivity index (χ0) is 20.8. The minimum absolute atomic E-state index is 0.213. The third-order valence-electron chi connectivity index (χ3n) is 4.34. The Bertz CT molecular complexity index is 988. The second kappa shape index (κ2) is 8.97. The number of methoxy groups -OCH3 is 2. The maximum atomic E-state index is 12.6. The predicted octanol–water partition coefficient (Wildman–Crippen LogP) is 4.16. The Morgan fingerprint density at radius 1 is 0.966 bits per heavy atom. The summed E-state index contributed by atoms with van der Waals surface area (Å²) >= 11 is 0. The summed E-state index contributed by atoms with van der Waals surface area (Å²) < 4.78 is 10.6. The summed E-state index contributed by atoms with van der Waals surface area (Å²) in [6.07, 6.45) is 1.59. The van der Waals surface area contributed by atoms with E-state index in [1.54, 1.807) is 38.6 Å². The fraction of sp³-hybridized carbons (Fsp3) is 0.182. The first-order valence-electron chi connectivity index (χ1n) is 9.04. The molecule has 0 radical (unpaired) electrons. The third kappa shape index (κ3) is 4.95. The zero-order valence-corrected chi connectivity index (χ0v) is 16.9. The summed E-state index contributed by atoms with van der Waals surface area (Å²) in [5.74, 6) is 1.62. The van der Waals surface area contributed by atoms with Gasteiger partial charge in [-0.1, -0.05) is 0 Å². The maximum absolute atomic E-state index is 12.6. The number of hydrogen-bond acceptors (Lipinski definition) is 6. The quantitative estimate of drug-likeness (QED) is 0.629. The molecule has 0 bridgehead atoms. The number of ether oxygens (including phenoxy) is 2. The SMILES string of the molecule is COc1ccc(Nc2cc(C(=O)Nc3ccc(N(C)C)cc3)ccn2)c(OC)c1. The van der Waals surface area contributed by atoms with Crippen molar-refractivity contribution in [1.29, 1.82) is 0 Å². The minimum Gasteiger partial charge on any atom is -0.497 e. The molecule has 3 rings (SSSR count). The number of pyridine rings is 1. The molecule has 7 heteroatoms. The summed E-state index contributed by atoms with van der Waals surface area (Å²) in [7, 11) is 7.12. The molecular weight excluding hydrogens is 368 g/mol. The van der Waals surface area contributed by atoms with Gasteiger partial charge in [-0.25, -0.2) is 4.98 Å². The van der Waals surface area contributed by atoms with Crippen LogP contribution in [0.2, 0.25) is 0 Å². The van der Waals surface area contributed by atoms with Gasteiger partial charge in [-0.15, -0.1) is 0 Å². The number of amides is 1. The Morgan fingerprint density at radius 3 is 2.38 bits per heavy atom. The lowest BCUT2D eigenvalue weighted by Crippen LogP contribution is -2.13. The Kier molecular flexibility index (Phi) is 6.19. The van der Waals surface area contributed by atoms with Gasteiger partial charge in [0.2, 0.25) is 0 Å². The molecule has 29 heavy (non-hydrogen) atoms. The summed E-state index contributed by atoms with van der Waals surface area (Å²) in [5.41, 5.74) is 3.00. The number of benzene rings is 2. The van der Waals surface area contributed by atoms with E-state index in [2.05, 4.69) is 15.6 Å². The molecule has 0 saturated carbocycles. The molecule has 1 heterocycles. The molecule has 0 aliphatic heterocycles. The first-order valence-corrected chi connectivity index (χ1v) is 9.04. The molecule has 1 amide bonds. The summed E-state index contributed by atoms with van der Waals surface area (Å²) in [6, 6.07) is 16.4. The molecule has 7 nitrogen and oxygen atoms in total. The monoisotopic (exact) mass is 392 g/mol. The molecular formula is C22H24N4O3. The van der Waals surface area contributed by atoms with Gasteiger partial charge in [0.15, 0.2) is 0 Å². The number of hydrogen-bond donors (Lipinski definition) is 2. The van der Waals surface area contributed by atoms with Crippen molar-refractivity contribution in [3.8, 4) is 11.5 Å². The van der Waals surface area contributed by atoms with Gasteiger partial charge in [-0.05, 0) is 48.5 Å². The molecule has 150 valence electrons. The van der Waals surface area contributed by atoms with Crippen LogP contribution in [0.5, 0.6) is 11.5 Å². The van der Waals surface area contributed by atoms with Crippen molar-refractivity contribution in [2.24, 2.45) is 0 Å². The number of anilines is 4. The highest BCUT2D eigenvalue weighted by Crippen LogP contribution is 2.31. The van der Waals surface area contributed by atoms with Crippen molar-refractivity contribution in [2.75, 3.05) is 43.8 Å². The average Bonchev–Trinajstić information content (AvgIpc) is 2.74. The largest absolute Gasteiger partial charge is 0.497 e. The summed E-state index contributed by atoms with van der Waals surface area (Å²) in [5, 5.41) is 6.08. The van der Waals surface area contributed by atoms with Gasteiger partial charge in [0.1, 0.15) is 17.3 Å². The number of nitrogens with zero attached hydrogens (tertiary/aromatic N) is 2. The van der Waals surface area contributed by atoms with Crippen LogP contribution in [-0.4, -0.2) is 39.2 Å². The fourth-order valence-corrected chi connectivity index (χ4v) is 2.73. The molecule has 0 saturated heterocycles. The van der Waals surface area contributed by atoms with Gasteiger partial charge in [0.05, 0.1) is 19.9 Å². The van der Waals surface area contributed by atoms with Crippen molar-refractivity contribution in [1.82, 2.24) is 4.98 Å². The second-order valence-electron chi connectivity index (χ2n) is 6.52. The van der Waals surface area contributed by atoms with Gasteiger partial charge in [0, 0.05) is 43.3 Å². The first-order chi connectivity index (χ1) is 14.0. The maximum Gasteiger partial charge on any atom is 0.255 e. The van der Waals surface area contributed by atoms with E-state index in [0.29, 0.717) is 22.9 Å². The van der Waals surface area contributed by atoms with E-state index >= 15 is 0 Å². The Labute approximate surface area is 170 Å². The topological polar surface area (TPSA) is 75.7 Å². The normalized spacial score (nSPS) is 10.2. The van der Waals surface area contributed by atoms with Crippen molar-refractivity contribution >= 4 is 28.8 Å².